The van der Waals surface area contributed by atoms with Gasteiger partial charge in [0.1, 0.15) is 5.75 Å². The van der Waals surface area contributed by atoms with Crippen molar-refractivity contribution in [3.8, 4) is 5.75 Å². The van der Waals surface area contributed by atoms with E-state index >= 15 is 0 Å². The average molecular weight is 219 g/mol. The fourth-order valence-electron chi connectivity index (χ4n) is 1.07. The maximum atomic E-state index is 11.9. The van der Waals surface area contributed by atoms with E-state index in [-0.39, 0.29) is 5.75 Å². The van der Waals surface area contributed by atoms with Crippen LogP contribution in [0.15, 0.2) is 24.3 Å². The average Bonchev–Trinajstić information content (AvgIpc) is 2.12. The Morgan fingerprint density at radius 2 is 2.07 bits per heavy atom. The minimum atomic E-state index is -4.64. The number of rotatable bonds is 4. The van der Waals surface area contributed by atoms with Gasteiger partial charge in [0.2, 0.25) is 0 Å². The zero-order valence-corrected chi connectivity index (χ0v) is 8.27. The van der Waals surface area contributed by atoms with Crippen LogP contribution in [0.25, 0.3) is 0 Å². The second-order valence-corrected chi connectivity index (χ2v) is 3.00. The van der Waals surface area contributed by atoms with E-state index in [2.05, 4.69) is 10.1 Å². The number of nitrogens with one attached hydrogen (secondary N) is 1. The molecule has 0 radical (unpaired) electrons. The van der Waals surface area contributed by atoms with Gasteiger partial charge in [0.05, 0.1) is 0 Å². The quantitative estimate of drug-likeness (QED) is 0.837. The van der Waals surface area contributed by atoms with Gasteiger partial charge in [-0.1, -0.05) is 13.0 Å². The molecule has 2 nitrogen and oxygen atoms in total. The van der Waals surface area contributed by atoms with E-state index in [0.717, 1.165) is 13.0 Å². The topological polar surface area (TPSA) is 21.3 Å². The van der Waals surface area contributed by atoms with E-state index in [1.54, 1.807) is 6.07 Å². The van der Waals surface area contributed by atoms with Gasteiger partial charge in [-0.25, -0.2) is 0 Å². The minimum absolute atomic E-state index is 0.205. The molecule has 0 heterocycles. The van der Waals surface area contributed by atoms with Crippen molar-refractivity contribution >= 4 is 5.69 Å². The lowest BCUT2D eigenvalue weighted by Crippen LogP contribution is -2.17. The van der Waals surface area contributed by atoms with Crippen LogP contribution in [0.1, 0.15) is 13.3 Å². The van der Waals surface area contributed by atoms with Crippen LogP contribution in [0.4, 0.5) is 18.9 Å². The van der Waals surface area contributed by atoms with Gasteiger partial charge in [-0.05, 0) is 18.6 Å². The molecule has 0 aliphatic rings. The van der Waals surface area contributed by atoms with Gasteiger partial charge in [0, 0.05) is 18.3 Å². The summed E-state index contributed by atoms with van der Waals surface area (Å²) < 4.78 is 39.4. The number of hydrogen-bond donors (Lipinski definition) is 1. The van der Waals surface area contributed by atoms with Crippen LogP contribution in [0.3, 0.4) is 0 Å². The molecule has 0 amide bonds. The van der Waals surface area contributed by atoms with Crippen LogP contribution < -0.4 is 10.1 Å². The summed E-state index contributed by atoms with van der Waals surface area (Å²) in [6.45, 7) is 2.69. The molecule has 0 spiro atoms. The summed E-state index contributed by atoms with van der Waals surface area (Å²) >= 11 is 0. The summed E-state index contributed by atoms with van der Waals surface area (Å²) in [5.41, 5.74) is 0.624. The zero-order valence-electron chi connectivity index (χ0n) is 8.27. The molecule has 15 heavy (non-hydrogen) atoms. The van der Waals surface area contributed by atoms with Crippen molar-refractivity contribution in [2.24, 2.45) is 0 Å². The summed E-state index contributed by atoms with van der Waals surface area (Å²) in [5.74, 6) is -0.205. The highest BCUT2D eigenvalue weighted by Gasteiger charge is 2.31. The Kier molecular flexibility index (Phi) is 3.82. The van der Waals surface area contributed by atoms with Gasteiger partial charge in [0.15, 0.2) is 0 Å². The lowest BCUT2D eigenvalue weighted by atomic mass is 10.3. The number of alkyl halides is 3. The zero-order chi connectivity index (χ0) is 11.3. The lowest BCUT2D eigenvalue weighted by molar-refractivity contribution is -0.274. The van der Waals surface area contributed by atoms with E-state index in [1.165, 1.54) is 18.2 Å². The highest BCUT2D eigenvalue weighted by molar-refractivity contribution is 5.48. The van der Waals surface area contributed by atoms with Gasteiger partial charge in [-0.2, -0.15) is 0 Å². The third kappa shape index (κ3) is 4.58. The predicted molar refractivity (Wildman–Crippen MR) is 51.9 cm³/mol. The SMILES string of the molecule is CCCNc1cccc(OC(F)(F)F)c1. The van der Waals surface area contributed by atoms with E-state index in [1.807, 2.05) is 6.92 Å². The second kappa shape index (κ2) is 4.91. The van der Waals surface area contributed by atoms with E-state index < -0.39 is 6.36 Å². The molecule has 84 valence electrons. The summed E-state index contributed by atoms with van der Waals surface area (Å²) in [4.78, 5) is 0. The first-order valence-electron chi connectivity index (χ1n) is 4.61. The first-order chi connectivity index (χ1) is 7.01. The molecule has 0 aromatic heterocycles. The molecular weight excluding hydrogens is 207 g/mol. The fourth-order valence-corrected chi connectivity index (χ4v) is 1.07. The third-order valence-electron chi connectivity index (χ3n) is 1.65. The van der Waals surface area contributed by atoms with Gasteiger partial charge in [-0.3, -0.25) is 0 Å². The van der Waals surface area contributed by atoms with Crippen LogP contribution in [-0.4, -0.2) is 12.9 Å². The Balaban J connectivity index is 2.66. The maximum absolute atomic E-state index is 11.9. The maximum Gasteiger partial charge on any atom is 0.573 e. The summed E-state index contributed by atoms with van der Waals surface area (Å²) in [7, 11) is 0. The number of halogens is 3. The molecule has 1 rings (SSSR count). The minimum Gasteiger partial charge on any atom is -0.406 e. The number of ether oxygens (including phenoxy) is 1. The van der Waals surface area contributed by atoms with Crippen LogP contribution in [0.5, 0.6) is 5.75 Å². The molecule has 0 saturated heterocycles. The molecule has 0 saturated carbocycles. The van der Waals surface area contributed by atoms with Crippen molar-refractivity contribution in [1.82, 2.24) is 0 Å². The van der Waals surface area contributed by atoms with Crippen molar-refractivity contribution < 1.29 is 17.9 Å². The molecular formula is C10H12F3NO. The van der Waals surface area contributed by atoms with Crippen molar-refractivity contribution in [3.05, 3.63) is 24.3 Å². The number of hydrogen-bond acceptors (Lipinski definition) is 2. The monoisotopic (exact) mass is 219 g/mol. The smallest absolute Gasteiger partial charge is 0.406 e. The summed E-state index contributed by atoms with van der Waals surface area (Å²) in [6.07, 6.45) is -3.73. The van der Waals surface area contributed by atoms with Crippen LogP contribution in [-0.2, 0) is 0 Å². The highest BCUT2D eigenvalue weighted by atomic mass is 19.4. The van der Waals surface area contributed by atoms with Gasteiger partial charge in [-0.15, -0.1) is 13.2 Å². The number of benzene rings is 1. The standard InChI is InChI=1S/C10H12F3NO/c1-2-6-14-8-4-3-5-9(7-8)15-10(11,12)13/h3-5,7,14H,2,6H2,1H3. The molecule has 0 bridgehead atoms. The summed E-state index contributed by atoms with van der Waals surface area (Å²) in [5, 5.41) is 2.97. The Bertz CT molecular complexity index is 312. The molecule has 1 aromatic carbocycles. The molecule has 0 aliphatic carbocycles. The van der Waals surface area contributed by atoms with Crippen LogP contribution in [0, 0.1) is 0 Å². The first-order valence-corrected chi connectivity index (χ1v) is 4.61. The fraction of sp³-hybridized carbons (Fsp3) is 0.400. The Labute approximate surface area is 86.1 Å². The Morgan fingerprint density at radius 3 is 2.67 bits per heavy atom. The van der Waals surface area contributed by atoms with Crippen LogP contribution in [0.2, 0.25) is 0 Å². The Morgan fingerprint density at radius 1 is 1.33 bits per heavy atom. The van der Waals surface area contributed by atoms with Crippen molar-refractivity contribution in [3.63, 3.8) is 0 Å². The molecule has 0 unspecified atom stereocenters. The van der Waals surface area contributed by atoms with Gasteiger partial charge in [0.25, 0.3) is 0 Å². The first kappa shape index (κ1) is 11.7. The van der Waals surface area contributed by atoms with E-state index in [4.69, 9.17) is 0 Å². The Hall–Kier alpha value is -1.39. The third-order valence-corrected chi connectivity index (χ3v) is 1.65. The van der Waals surface area contributed by atoms with Crippen molar-refractivity contribution in [2.75, 3.05) is 11.9 Å². The van der Waals surface area contributed by atoms with E-state index in [9.17, 15) is 13.2 Å². The van der Waals surface area contributed by atoms with Gasteiger partial charge >= 0.3 is 6.36 Å². The van der Waals surface area contributed by atoms with Crippen LogP contribution >= 0.6 is 0 Å². The molecule has 5 heteroatoms. The van der Waals surface area contributed by atoms with Crippen molar-refractivity contribution in [2.45, 2.75) is 19.7 Å². The predicted octanol–water partition coefficient (Wildman–Crippen LogP) is 3.41. The molecule has 0 atom stereocenters. The van der Waals surface area contributed by atoms with E-state index in [0.29, 0.717) is 5.69 Å². The largest absolute Gasteiger partial charge is 0.573 e. The lowest BCUT2D eigenvalue weighted by Gasteiger charge is -2.10. The molecule has 1 N–H and O–H groups in total. The number of anilines is 1. The summed E-state index contributed by atoms with van der Waals surface area (Å²) in [6, 6.07) is 5.80. The second-order valence-electron chi connectivity index (χ2n) is 3.00. The highest BCUT2D eigenvalue weighted by Crippen LogP contribution is 2.24. The van der Waals surface area contributed by atoms with Gasteiger partial charge < -0.3 is 10.1 Å². The molecule has 1 aromatic rings. The molecule has 0 aliphatic heterocycles. The normalized spacial score (nSPS) is 11.2. The molecule has 0 fully saturated rings. The van der Waals surface area contributed by atoms with Crippen molar-refractivity contribution in [1.29, 1.82) is 0 Å².